The Balaban J connectivity index is 2.18. The van der Waals surface area contributed by atoms with Gasteiger partial charge in [0.2, 0.25) is 0 Å². The minimum atomic E-state index is -0.450. The average molecular weight is 296 g/mol. The second-order valence-electron chi connectivity index (χ2n) is 4.52. The number of hydrogen-bond donors (Lipinski definition) is 1. The molecule has 0 aliphatic heterocycles. The zero-order valence-corrected chi connectivity index (χ0v) is 11.5. The maximum Gasteiger partial charge on any atom is 0.271 e. The van der Waals surface area contributed by atoms with E-state index in [1.807, 2.05) is 6.07 Å². The highest BCUT2D eigenvalue weighted by Crippen LogP contribution is 2.25. The molecule has 3 aromatic rings. The normalized spacial score (nSPS) is 10.6. The van der Waals surface area contributed by atoms with Gasteiger partial charge >= 0.3 is 0 Å². The molecule has 0 saturated carbocycles. The highest BCUT2D eigenvalue weighted by atomic mass is 16.6. The number of non-ortho nitro benzene ring substituents is 1. The molecule has 2 heterocycles. The molecule has 8 nitrogen and oxygen atoms in total. The maximum atomic E-state index is 10.9. The molecule has 0 bridgehead atoms. The lowest BCUT2D eigenvalue weighted by Gasteiger charge is -2.07. The first-order chi connectivity index (χ1) is 10.7. The molecule has 0 saturated heterocycles. The van der Waals surface area contributed by atoms with Gasteiger partial charge in [-0.05, 0) is 18.2 Å². The van der Waals surface area contributed by atoms with Crippen LogP contribution in [0.2, 0.25) is 0 Å². The van der Waals surface area contributed by atoms with E-state index in [4.69, 9.17) is 5.73 Å². The van der Waals surface area contributed by atoms with Gasteiger partial charge in [0.15, 0.2) is 0 Å². The number of nitrogens with zero attached hydrogens (tertiary/aromatic N) is 5. The second kappa shape index (κ2) is 5.70. The van der Waals surface area contributed by atoms with Crippen LogP contribution < -0.4 is 5.73 Å². The largest absolute Gasteiger partial charge is 0.325 e. The van der Waals surface area contributed by atoms with Crippen molar-refractivity contribution in [2.75, 3.05) is 0 Å². The third-order valence-corrected chi connectivity index (χ3v) is 3.15. The van der Waals surface area contributed by atoms with Gasteiger partial charge in [-0.3, -0.25) is 15.1 Å². The van der Waals surface area contributed by atoms with Crippen molar-refractivity contribution >= 4 is 5.69 Å². The smallest absolute Gasteiger partial charge is 0.271 e. The lowest BCUT2D eigenvalue weighted by Crippen LogP contribution is -2.03. The van der Waals surface area contributed by atoms with Gasteiger partial charge in [-0.1, -0.05) is 11.3 Å². The van der Waals surface area contributed by atoms with E-state index in [-0.39, 0.29) is 12.2 Å². The summed E-state index contributed by atoms with van der Waals surface area (Å²) in [6.45, 7) is 0.207. The van der Waals surface area contributed by atoms with Crippen molar-refractivity contribution in [2.45, 2.75) is 6.54 Å². The highest BCUT2D eigenvalue weighted by Gasteiger charge is 2.17. The summed E-state index contributed by atoms with van der Waals surface area (Å²) in [6, 6.07) is 9.84. The summed E-state index contributed by atoms with van der Waals surface area (Å²) in [5, 5.41) is 19.1. The molecule has 3 rings (SSSR count). The minimum absolute atomic E-state index is 0.0144. The Morgan fingerprint density at radius 1 is 1.27 bits per heavy atom. The van der Waals surface area contributed by atoms with Crippen LogP contribution in [0.25, 0.3) is 16.9 Å². The zero-order chi connectivity index (χ0) is 15.5. The fraction of sp³-hybridized carbons (Fsp3) is 0.0714. The van der Waals surface area contributed by atoms with Crippen LogP contribution in [0.5, 0.6) is 0 Å². The monoisotopic (exact) mass is 296 g/mol. The van der Waals surface area contributed by atoms with Crippen LogP contribution in [0.15, 0.2) is 48.8 Å². The Kier molecular flexibility index (Phi) is 3.58. The molecule has 1 aromatic carbocycles. The van der Waals surface area contributed by atoms with Crippen molar-refractivity contribution in [2.24, 2.45) is 5.73 Å². The molecule has 0 radical (unpaired) electrons. The lowest BCUT2D eigenvalue weighted by molar-refractivity contribution is -0.384. The van der Waals surface area contributed by atoms with E-state index in [9.17, 15) is 10.1 Å². The molecule has 2 N–H and O–H groups in total. The first-order valence-electron chi connectivity index (χ1n) is 6.50. The average Bonchev–Trinajstić information content (AvgIpc) is 2.99. The topological polar surface area (TPSA) is 113 Å². The molecule has 0 aliphatic rings. The van der Waals surface area contributed by atoms with Gasteiger partial charge in [-0.15, -0.1) is 5.10 Å². The van der Waals surface area contributed by atoms with Gasteiger partial charge in [0.1, 0.15) is 11.4 Å². The van der Waals surface area contributed by atoms with E-state index in [1.54, 1.807) is 30.6 Å². The van der Waals surface area contributed by atoms with Crippen LogP contribution in [-0.2, 0) is 6.54 Å². The number of benzene rings is 1. The van der Waals surface area contributed by atoms with Gasteiger partial charge in [-0.2, -0.15) is 0 Å². The number of hydrogen-bond acceptors (Lipinski definition) is 6. The van der Waals surface area contributed by atoms with E-state index >= 15 is 0 Å². The van der Waals surface area contributed by atoms with E-state index in [0.29, 0.717) is 17.1 Å². The van der Waals surface area contributed by atoms with Crippen LogP contribution >= 0.6 is 0 Å². The van der Waals surface area contributed by atoms with E-state index in [2.05, 4.69) is 15.3 Å². The lowest BCUT2D eigenvalue weighted by atomic mass is 10.1. The van der Waals surface area contributed by atoms with Crippen LogP contribution in [0.4, 0.5) is 5.69 Å². The van der Waals surface area contributed by atoms with Crippen molar-refractivity contribution < 1.29 is 4.92 Å². The predicted octanol–water partition coefficient (Wildman–Crippen LogP) is 1.70. The predicted molar refractivity (Wildman–Crippen MR) is 79.1 cm³/mol. The standard InChI is InChI=1S/C14H12N6O2/c15-8-13-14(10-3-2-6-16-9-10)19(18-17-13)11-4-1-5-12(7-11)20(21)22/h1-7,9H,8,15H2. The van der Waals surface area contributed by atoms with Crippen molar-refractivity contribution in [3.63, 3.8) is 0 Å². The zero-order valence-electron chi connectivity index (χ0n) is 11.5. The number of rotatable bonds is 4. The molecule has 0 unspecified atom stereocenters. The van der Waals surface area contributed by atoms with Crippen molar-refractivity contribution in [3.8, 4) is 16.9 Å². The highest BCUT2D eigenvalue weighted by molar-refractivity contribution is 5.63. The summed E-state index contributed by atoms with van der Waals surface area (Å²) in [6.07, 6.45) is 3.33. The Morgan fingerprint density at radius 2 is 2.14 bits per heavy atom. The molecular formula is C14H12N6O2. The van der Waals surface area contributed by atoms with Crippen molar-refractivity contribution in [3.05, 3.63) is 64.6 Å². The molecule has 110 valence electrons. The number of nitro benzene ring substituents is 1. The first-order valence-corrected chi connectivity index (χ1v) is 6.50. The second-order valence-corrected chi connectivity index (χ2v) is 4.52. The Hall–Kier alpha value is -3.13. The first kappa shape index (κ1) is 13.8. The molecule has 0 spiro atoms. The molecule has 8 heteroatoms. The number of aromatic nitrogens is 4. The third-order valence-electron chi connectivity index (χ3n) is 3.15. The molecule has 0 aliphatic carbocycles. The fourth-order valence-electron chi connectivity index (χ4n) is 2.16. The number of nitrogens with two attached hydrogens (primary N) is 1. The van der Waals surface area contributed by atoms with Crippen LogP contribution in [0, 0.1) is 10.1 Å². The quantitative estimate of drug-likeness (QED) is 0.579. The van der Waals surface area contributed by atoms with Gasteiger partial charge in [0.25, 0.3) is 5.69 Å². The van der Waals surface area contributed by atoms with Crippen LogP contribution in [-0.4, -0.2) is 24.9 Å². The number of nitro groups is 1. The van der Waals surface area contributed by atoms with E-state index < -0.39 is 4.92 Å². The Morgan fingerprint density at radius 3 is 2.82 bits per heavy atom. The van der Waals surface area contributed by atoms with E-state index in [1.165, 1.54) is 16.8 Å². The summed E-state index contributed by atoms with van der Waals surface area (Å²) in [5.41, 5.74) is 8.31. The van der Waals surface area contributed by atoms with Crippen molar-refractivity contribution in [1.29, 1.82) is 0 Å². The third kappa shape index (κ3) is 2.42. The molecule has 0 atom stereocenters. The van der Waals surface area contributed by atoms with Crippen LogP contribution in [0.1, 0.15) is 5.69 Å². The molecular weight excluding hydrogens is 284 g/mol. The minimum Gasteiger partial charge on any atom is -0.325 e. The summed E-state index contributed by atoms with van der Waals surface area (Å²) >= 11 is 0. The van der Waals surface area contributed by atoms with Gasteiger partial charge in [0, 0.05) is 36.6 Å². The maximum absolute atomic E-state index is 10.9. The molecule has 0 amide bonds. The molecule has 0 fully saturated rings. The van der Waals surface area contributed by atoms with Crippen LogP contribution in [0.3, 0.4) is 0 Å². The Labute approximate surface area is 125 Å². The van der Waals surface area contributed by atoms with Gasteiger partial charge < -0.3 is 5.73 Å². The fourth-order valence-corrected chi connectivity index (χ4v) is 2.16. The summed E-state index contributed by atoms with van der Waals surface area (Å²) in [4.78, 5) is 14.6. The van der Waals surface area contributed by atoms with Gasteiger partial charge in [0.05, 0.1) is 10.6 Å². The Bertz CT molecular complexity index is 815. The summed E-state index contributed by atoms with van der Waals surface area (Å²) < 4.78 is 1.53. The molecule has 2 aromatic heterocycles. The molecule has 22 heavy (non-hydrogen) atoms. The van der Waals surface area contributed by atoms with Crippen molar-refractivity contribution in [1.82, 2.24) is 20.0 Å². The van der Waals surface area contributed by atoms with Gasteiger partial charge in [-0.25, -0.2) is 4.68 Å². The number of pyridine rings is 1. The summed E-state index contributed by atoms with van der Waals surface area (Å²) in [7, 11) is 0. The summed E-state index contributed by atoms with van der Waals surface area (Å²) in [5.74, 6) is 0. The SMILES string of the molecule is NCc1nnn(-c2cccc([N+](=O)[O-])c2)c1-c1cccnc1. The van der Waals surface area contributed by atoms with E-state index in [0.717, 1.165) is 5.56 Å².